The Morgan fingerprint density at radius 1 is 1.57 bits per heavy atom. The van der Waals surface area contributed by atoms with E-state index in [1.807, 2.05) is 0 Å². The summed E-state index contributed by atoms with van der Waals surface area (Å²) in [6.45, 7) is 0.853. The number of hydrogen-bond acceptors (Lipinski definition) is 4. The van der Waals surface area contributed by atoms with Crippen molar-refractivity contribution in [1.82, 2.24) is 0 Å². The molecule has 4 atom stereocenters. The van der Waals surface area contributed by atoms with Crippen molar-refractivity contribution >= 4 is 7.82 Å². The number of halogens is 1. The number of rotatable bonds is 3. The zero-order valence-electron chi connectivity index (χ0n) is 7.41. The Labute approximate surface area is 79.9 Å². The van der Waals surface area contributed by atoms with Gasteiger partial charge in [0.1, 0.15) is 12.2 Å². The zero-order chi connectivity index (χ0) is 10.9. The summed E-state index contributed by atoms with van der Waals surface area (Å²) in [6.07, 6.45) is -4.95. The van der Waals surface area contributed by atoms with Crippen molar-refractivity contribution in [3.05, 3.63) is 0 Å². The van der Waals surface area contributed by atoms with E-state index in [1.165, 1.54) is 6.92 Å². The van der Waals surface area contributed by atoms with E-state index in [-0.39, 0.29) is 0 Å². The van der Waals surface area contributed by atoms with Crippen LogP contribution < -0.4 is 0 Å². The van der Waals surface area contributed by atoms with Crippen molar-refractivity contribution in [3.8, 4) is 0 Å². The molecule has 84 valence electrons. The summed E-state index contributed by atoms with van der Waals surface area (Å²) < 4.78 is 32.8. The smallest absolute Gasteiger partial charge is 0.394 e. The van der Waals surface area contributed by atoms with Crippen LogP contribution in [0.3, 0.4) is 0 Å². The van der Waals surface area contributed by atoms with Crippen molar-refractivity contribution in [3.63, 3.8) is 0 Å². The number of ether oxygens (including phenoxy) is 1. The predicted octanol–water partition coefficient (Wildman–Crippen LogP) is -0.418. The second-order valence-electron chi connectivity index (χ2n) is 3.07. The summed E-state index contributed by atoms with van der Waals surface area (Å²) in [7, 11) is -4.76. The Hall–Kier alpha value is -0.0400. The van der Waals surface area contributed by atoms with Crippen LogP contribution in [-0.2, 0) is 13.8 Å². The Morgan fingerprint density at radius 2 is 2.14 bits per heavy atom. The van der Waals surface area contributed by atoms with E-state index < -0.39 is 38.9 Å². The lowest BCUT2D eigenvalue weighted by Gasteiger charge is -2.18. The minimum atomic E-state index is -4.76. The molecule has 0 saturated carbocycles. The van der Waals surface area contributed by atoms with Crippen LogP contribution in [0.15, 0.2) is 0 Å². The zero-order valence-corrected chi connectivity index (χ0v) is 8.30. The number of aliphatic hydroxyl groups excluding tert-OH is 1. The lowest BCUT2D eigenvalue weighted by Crippen LogP contribution is -2.33. The molecule has 0 spiro atoms. The first-order valence-corrected chi connectivity index (χ1v) is 5.52. The van der Waals surface area contributed by atoms with E-state index in [0.717, 1.165) is 0 Å². The van der Waals surface area contributed by atoms with Crippen LogP contribution >= 0.6 is 7.82 Å². The predicted molar refractivity (Wildman–Crippen MR) is 43.2 cm³/mol. The van der Waals surface area contributed by atoms with Gasteiger partial charge < -0.3 is 19.6 Å². The Kier molecular flexibility index (Phi) is 3.63. The lowest BCUT2D eigenvalue weighted by atomic mass is 10.1. The summed E-state index contributed by atoms with van der Waals surface area (Å²) in [5.74, 6) is 0. The van der Waals surface area contributed by atoms with Gasteiger partial charge in [0.05, 0.1) is 12.7 Å². The Morgan fingerprint density at radius 3 is 2.57 bits per heavy atom. The number of phosphoric ester groups is 1. The molecular weight excluding hydrogens is 218 g/mol. The van der Waals surface area contributed by atoms with Crippen molar-refractivity contribution in [1.29, 1.82) is 0 Å². The summed E-state index contributed by atoms with van der Waals surface area (Å²) in [5.41, 5.74) is 0. The highest BCUT2D eigenvalue weighted by Crippen LogP contribution is 2.42. The first kappa shape index (κ1) is 12.0. The molecule has 8 heteroatoms. The third-order valence-corrected chi connectivity index (χ3v) is 2.48. The van der Waals surface area contributed by atoms with Gasteiger partial charge in [0.2, 0.25) is 0 Å². The molecule has 1 saturated heterocycles. The largest absolute Gasteiger partial charge is 0.470 e. The second kappa shape index (κ2) is 4.22. The van der Waals surface area contributed by atoms with Gasteiger partial charge >= 0.3 is 7.82 Å². The van der Waals surface area contributed by atoms with Crippen molar-refractivity contribution in [2.45, 2.75) is 31.4 Å². The molecule has 3 N–H and O–H groups in total. The second-order valence-corrected chi connectivity index (χ2v) is 4.26. The molecule has 1 aliphatic heterocycles. The van der Waals surface area contributed by atoms with Gasteiger partial charge in [-0.2, -0.15) is 0 Å². The maximum atomic E-state index is 13.2. The van der Waals surface area contributed by atoms with Crippen molar-refractivity contribution < 1.29 is 33.1 Å². The van der Waals surface area contributed by atoms with Crippen LogP contribution in [-0.4, -0.2) is 46.0 Å². The molecule has 14 heavy (non-hydrogen) atoms. The fourth-order valence-corrected chi connectivity index (χ4v) is 1.90. The quantitative estimate of drug-likeness (QED) is 0.570. The maximum absolute atomic E-state index is 13.2. The SMILES string of the molecule is CC1OC(CO)C(OP(=O)(O)O)C1F. The molecule has 0 aliphatic carbocycles. The summed E-state index contributed by atoms with van der Waals surface area (Å²) >= 11 is 0. The fraction of sp³-hybridized carbons (Fsp3) is 1.00. The van der Waals surface area contributed by atoms with Gasteiger partial charge in [-0.25, -0.2) is 8.96 Å². The van der Waals surface area contributed by atoms with Gasteiger partial charge in [0.15, 0.2) is 6.17 Å². The van der Waals surface area contributed by atoms with E-state index in [9.17, 15) is 8.96 Å². The number of aliphatic hydroxyl groups is 1. The molecule has 0 bridgehead atoms. The average Bonchev–Trinajstić information content (AvgIpc) is 2.30. The van der Waals surface area contributed by atoms with Gasteiger partial charge in [-0.05, 0) is 6.92 Å². The van der Waals surface area contributed by atoms with Gasteiger partial charge in [-0.1, -0.05) is 0 Å². The fourth-order valence-electron chi connectivity index (χ4n) is 1.33. The molecule has 0 radical (unpaired) electrons. The molecular formula is C6H12FO6P. The first-order chi connectivity index (χ1) is 6.35. The topological polar surface area (TPSA) is 96.2 Å². The van der Waals surface area contributed by atoms with E-state index in [4.69, 9.17) is 19.6 Å². The van der Waals surface area contributed by atoms with Crippen LogP contribution in [0, 0.1) is 0 Å². The molecule has 1 rings (SSSR count). The molecule has 0 aromatic heterocycles. The van der Waals surface area contributed by atoms with E-state index >= 15 is 0 Å². The highest BCUT2D eigenvalue weighted by molar-refractivity contribution is 7.46. The van der Waals surface area contributed by atoms with Gasteiger partial charge in [0.25, 0.3) is 0 Å². The maximum Gasteiger partial charge on any atom is 0.470 e. The van der Waals surface area contributed by atoms with Gasteiger partial charge in [-0.15, -0.1) is 0 Å². The number of phosphoric acid groups is 1. The van der Waals surface area contributed by atoms with E-state index in [1.54, 1.807) is 0 Å². The van der Waals surface area contributed by atoms with Crippen LogP contribution in [0.4, 0.5) is 4.39 Å². The van der Waals surface area contributed by atoms with Crippen molar-refractivity contribution in [2.24, 2.45) is 0 Å². The third kappa shape index (κ3) is 2.73. The van der Waals surface area contributed by atoms with E-state index in [2.05, 4.69) is 4.52 Å². The lowest BCUT2D eigenvalue weighted by molar-refractivity contribution is -0.0168. The molecule has 6 nitrogen and oxygen atoms in total. The Bertz CT molecular complexity index is 242. The minimum absolute atomic E-state index is 0.546. The van der Waals surface area contributed by atoms with Gasteiger partial charge in [-0.3, -0.25) is 4.52 Å². The van der Waals surface area contributed by atoms with Crippen LogP contribution in [0.2, 0.25) is 0 Å². The molecule has 1 aliphatic rings. The average molecular weight is 230 g/mol. The van der Waals surface area contributed by atoms with Gasteiger partial charge in [0, 0.05) is 0 Å². The third-order valence-electron chi connectivity index (χ3n) is 1.96. The Balaban J connectivity index is 2.69. The normalized spacial score (nSPS) is 38.9. The number of alkyl halides is 1. The molecule has 0 amide bonds. The van der Waals surface area contributed by atoms with Crippen LogP contribution in [0.1, 0.15) is 6.92 Å². The van der Waals surface area contributed by atoms with Crippen LogP contribution in [0.5, 0.6) is 0 Å². The summed E-state index contributed by atoms with van der Waals surface area (Å²) in [6, 6.07) is 0. The summed E-state index contributed by atoms with van der Waals surface area (Å²) in [5, 5.41) is 8.74. The number of hydrogen-bond donors (Lipinski definition) is 3. The molecule has 4 unspecified atom stereocenters. The molecule has 0 aromatic carbocycles. The van der Waals surface area contributed by atoms with Crippen LogP contribution in [0.25, 0.3) is 0 Å². The summed E-state index contributed by atoms with van der Waals surface area (Å²) in [4.78, 5) is 17.0. The van der Waals surface area contributed by atoms with Crippen molar-refractivity contribution in [2.75, 3.05) is 6.61 Å². The monoisotopic (exact) mass is 230 g/mol. The first-order valence-electron chi connectivity index (χ1n) is 3.99. The van der Waals surface area contributed by atoms with E-state index in [0.29, 0.717) is 0 Å². The highest BCUT2D eigenvalue weighted by atomic mass is 31.2. The minimum Gasteiger partial charge on any atom is -0.394 e. The molecule has 1 heterocycles. The molecule has 1 fully saturated rings. The highest BCUT2D eigenvalue weighted by Gasteiger charge is 2.46. The standard InChI is InChI=1S/C6H12FO6P/c1-3-5(7)6(4(2-8)12-3)13-14(9,10)11/h3-6,8H,2H2,1H3,(H2,9,10,11). The molecule has 0 aromatic rings.